The van der Waals surface area contributed by atoms with Crippen LogP contribution < -0.4 is 22.1 Å². The van der Waals surface area contributed by atoms with E-state index in [2.05, 4.69) is 23.3 Å². The molecule has 0 aliphatic carbocycles. The van der Waals surface area contributed by atoms with Crippen molar-refractivity contribution in [2.24, 2.45) is 11.5 Å². The highest BCUT2D eigenvalue weighted by molar-refractivity contribution is 7.98. The van der Waals surface area contributed by atoms with Gasteiger partial charge in [-0.3, -0.25) is 19.2 Å². The highest BCUT2D eigenvalue weighted by Gasteiger charge is 2.37. The van der Waals surface area contributed by atoms with Gasteiger partial charge in [0.15, 0.2) is 0 Å². The zero-order valence-corrected chi connectivity index (χ0v) is 19.1. The average Bonchev–Trinajstić information content (AvgIpc) is 3.21. The van der Waals surface area contributed by atoms with Crippen molar-refractivity contribution >= 4 is 54.0 Å². The lowest BCUT2D eigenvalue weighted by atomic mass is 10.1. The predicted octanol–water partition coefficient (Wildman–Crippen LogP) is -1.69. The number of carboxylic acid groups (broad SMARTS) is 1. The minimum Gasteiger partial charge on any atom is -0.480 e. The molecule has 1 saturated heterocycles. The molecule has 31 heavy (non-hydrogen) atoms. The second-order valence-corrected chi connectivity index (χ2v) is 8.58. The maximum Gasteiger partial charge on any atom is 0.327 e. The van der Waals surface area contributed by atoms with Gasteiger partial charge >= 0.3 is 5.97 Å². The highest BCUT2D eigenvalue weighted by Crippen LogP contribution is 2.19. The van der Waals surface area contributed by atoms with Crippen LogP contribution in [0, 0.1) is 0 Å². The van der Waals surface area contributed by atoms with Crippen molar-refractivity contribution in [2.75, 3.05) is 24.3 Å². The minimum atomic E-state index is -1.28. The van der Waals surface area contributed by atoms with Crippen LogP contribution in [0.5, 0.6) is 0 Å². The first-order valence-electron chi connectivity index (χ1n) is 9.90. The lowest BCUT2D eigenvalue weighted by Gasteiger charge is -2.28. The van der Waals surface area contributed by atoms with E-state index < -0.39 is 47.9 Å². The number of rotatable bonds is 13. The molecule has 0 radical (unpaired) electrons. The molecule has 4 amide bonds. The Morgan fingerprint density at radius 3 is 2.42 bits per heavy atom. The molecule has 4 atom stereocenters. The predicted molar refractivity (Wildman–Crippen MR) is 119 cm³/mol. The number of carbonyl (C=O) groups excluding carboxylic acids is 4. The van der Waals surface area contributed by atoms with E-state index >= 15 is 0 Å². The molecular weight excluding hydrogens is 446 g/mol. The van der Waals surface area contributed by atoms with Gasteiger partial charge in [0, 0.05) is 18.7 Å². The van der Waals surface area contributed by atoms with Crippen LogP contribution in [0.2, 0.25) is 0 Å². The van der Waals surface area contributed by atoms with Gasteiger partial charge in [-0.2, -0.15) is 24.4 Å². The summed E-state index contributed by atoms with van der Waals surface area (Å²) in [6.07, 6.45) is 3.10. The van der Waals surface area contributed by atoms with Crippen LogP contribution in [0.3, 0.4) is 0 Å². The number of carboxylic acids is 1. The molecule has 176 valence electrons. The molecule has 13 heteroatoms. The lowest BCUT2D eigenvalue weighted by Crippen LogP contribution is -2.57. The van der Waals surface area contributed by atoms with E-state index in [1.54, 1.807) is 11.8 Å². The summed E-state index contributed by atoms with van der Waals surface area (Å²) >= 11 is 5.45. The quantitative estimate of drug-likeness (QED) is 0.170. The second kappa shape index (κ2) is 13.4. The summed E-state index contributed by atoms with van der Waals surface area (Å²) in [6.45, 7) is 0.378. The number of likely N-dealkylation sites (tertiary alicyclic amines) is 1. The topological polar surface area (TPSA) is 185 Å². The van der Waals surface area contributed by atoms with E-state index in [1.807, 2.05) is 6.26 Å². The number of primary amides is 1. The molecule has 0 aromatic carbocycles. The number of thioether (sulfide) groups is 1. The van der Waals surface area contributed by atoms with Crippen LogP contribution in [0.1, 0.15) is 32.1 Å². The van der Waals surface area contributed by atoms with Crippen LogP contribution >= 0.6 is 24.4 Å². The number of nitrogens with zero attached hydrogens (tertiary/aromatic N) is 1. The normalized spacial score (nSPS) is 18.7. The first-order chi connectivity index (χ1) is 14.6. The van der Waals surface area contributed by atoms with Crippen molar-refractivity contribution in [1.82, 2.24) is 15.5 Å². The largest absolute Gasteiger partial charge is 0.480 e. The van der Waals surface area contributed by atoms with Crippen LogP contribution in [-0.2, 0) is 24.0 Å². The third-order valence-electron chi connectivity index (χ3n) is 4.90. The fraction of sp³-hybridized carbons (Fsp3) is 0.722. The van der Waals surface area contributed by atoms with Gasteiger partial charge in [0.1, 0.15) is 18.1 Å². The maximum absolute atomic E-state index is 12.9. The van der Waals surface area contributed by atoms with E-state index in [9.17, 15) is 24.0 Å². The fourth-order valence-corrected chi connectivity index (χ4v) is 3.90. The Morgan fingerprint density at radius 2 is 1.87 bits per heavy atom. The van der Waals surface area contributed by atoms with Crippen molar-refractivity contribution in [3.63, 3.8) is 0 Å². The summed E-state index contributed by atoms with van der Waals surface area (Å²) in [5, 5.41) is 13.9. The van der Waals surface area contributed by atoms with Crippen molar-refractivity contribution in [3.05, 3.63) is 0 Å². The standard InChI is InChI=1S/C18H31N5O6S2/c1-31-8-6-10(19)17(27)23-7-2-3-13(23)16(26)21-11(4-5-14(20)24)15(25)22-12(9-30)18(28)29/h10-13,30H,2-9,19H2,1H3,(H2,20,24)(H,21,26)(H,22,25)(H,28,29). The molecule has 1 heterocycles. The molecule has 1 aliphatic rings. The van der Waals surface area contributed by atoms with Gasteiger partial charge in [-0.25, -0.2) is 4.79 Å². The molecule has 1 rings (SSSR count). The van der Waals surface area contributed by atoms with Gasteiger partial charge in [-0.15, -0.1) is 0 Å². The highest BCUT2D eigenvalue weighted by atomic mass is 32.2. The summed E-state index contributed by atoms with van der Waals surface area (Å²) < 4.78 is 0. The summed E-state index contributed by atoms with van der Waals surface area (Å²) in [7, 11) is 0. The Bertz CT molecular complexity index is 680. The van der Waals surface area contributed by atoms with Crippen molar-refractivity contribution < 1.29 is 29.1 Å². The van der Waals surface area contributed by atoms with Gasteiger partial charge in [-0.05, 0) is 37.7 Å². The second-order valence-electron chi connectivity index (χ2n) is 7.23. The van der Waals surface area contributed by atoms with Crippen LogP contribution in [0.15, 0.2) is 0 Å². The third kappa shape index (κ3) is 8.57. The average molecular weight is 478 g/mol. The molecule has 4 unspecified atom stereocenters. The Labute approximate surface area is 190 Å². The summed E-state index contributed by atoms with van der Waals surface area (Å²) in [6, 6.07) is -3.97. The number of nitrogens with two attached hydrogens (primary N) is 2. The number of hydrogen-bond donors (Lipinski definition) is 6. The van der Waals surface area contributed by atoms with Gasteiger partial charge in [0.05, 0.1) is 6.04 Å². The van der Waals surface area contributed by atoms with Crippen molar-refractivity contribution in [3.8, 4) is 0 Å². The van der Waals surface area contributed by atoms with Crippen molar-refractivity contribution in [1.29, 1.82) is 0 Å². The van der Waals surface area contributed by atoms with E-state index in [0.717, 1.165) is 0 Å². The van der Waals surface area contributed by atoms with E-state index in [1.165, 1.54) is 4.90 Å². The molecule has 0 bridgehead atoms. The molecular formula is C18H31N5O6S2. The number of aliphatic carboxylic acids is 1. The van der Waals surface area contributed by atoms with E-state index in [4.69, 9.17) is 16.6 Å². The summed E-state index contributed by atoms with van der Waals surface area (Å²) in [5.41, 5.74) is 11.1. The van der Waals surface area contributed by atoms with E-state index in [0.29, 0.717) is 31.6 Å². The first kappa shape index (κ1) is 27.0. The SMILES string of the molecule is CSCCC(N)C(=O)N1CCCC1C(=O)NC(CCC(N)=O)C(=O)NC(CS)C(=O)O. The van der Waals surface area contributed by atoms with Crippen LogP contribution in [-0.4, -0.2) is 88.1 Å². The number of carbonyl (C=O) groups is 5. The molecule has 1 fully saturated rings. The number of nitrogens with one attached hydrogen (secondary N) is 2. The van der Waals surface area contributed by atoms with Crippen LogP contribution in [0.4, 0.5) is 0 Å². The zero-order chi connectivity index (χ0) is 23.6. The van der Waals surface area contributed by atoms with Gasteiger partial charge in [0.25, 0.3) is 0 Å². The summed E-state index contributed by atoms with van der Waals surface area (Å²) in [5.74, 6) is -3.07. The molecule has 0 aromatic rings. The Hall–Kier alpha value is -1.99. The number of hydrogen-bond acceptors (Lipinski definition) is 8. The molecule has 0 saturated carbocycles. The molecule has 7 N–H and O–H groups in total. The first-order valence-corrected chi connectivity index (χ1v) is 11.9. The molecule has 0 spiro atoms. The third-order valence-corrected chi connectivity index (χ3v) is 5.91. The minimum absolute atomic E-state index is 0.111. The Balaban J connectivity index is 2.88. The summed E-state index contributed by atoms with van der Waals surface area (Å²) in [4.78, 5) is 61.8. The molecule has 11 nitrogen and oxygen atoms in total. The number of amides is 4. The number of thiol groups is 1. The van der Waals surface area contributed by atoms with Crippen LogP contribution in [0.25, 0.3) is 0 Å². The fourth-order valence-electron chi connectivity index (χ4n) is 3.17. The lowest BCUT2D eigenvalue weighted by molar-refractivity contribution is -0.142. The maximum atomic E-state index is 12.9. The van der Waals surface area contributed by atoms with Gasteiger partial charge in [-0.1, -0.05) is 0 Å². The van der Waals surface area contributed by atoms with Crippen molar-refractivity contribution in [2.45, 2.75) is 56.3 Å². The molecule has 1 aliphatic heterocycles. The zero-order valence-electron chi connectivity index (χ0n) is 17.4. The smallest absolute Gasteiger partial charge is 0.327 e. The molecule has 0 aromatic heterocycles. The van der Waals surface area contributed by atoms with Gasteiger partial charge < -0.3 is 32.1 Å². The Morgan fingerprint density at radius 1 is 1.19 bits per heavy atom. The monoisotopic (exact) mass is 477 g/mol. The van der Waals surface area contributed by atoms with E-state index in [-0.39, 0.29) is 24.5 Å². The van der Waals surface area contributed by atoms with Gasteiger partial charge in [0.2, 0.25) is 23.6 Å². The Kier molecular flexibility index (Phi) is 11.7.